The molecule has 0 spiro atoms. The Morgan fingerprint density at radius 3 is 2.66 bits per heavy atom. The lowest BCUT2D eigenvalue weighted by atomic mass is 10.2. The van der Waals surface area contributed by atoms with Crippen molar-refractivity contribution < 1.29 is 4.79 Å². The Bertz CT molecular complexity index is 1130. The van der Waals surface area contributed by atoms with Crippen LogP contribution in [0.25, 0.3) is 10.7 Å². The number of hydrogen-bond donors (Lipinski definition) is 1. The van der Waals surface area contributed by atoms with Crippen LogP contribution in [0.5, 0.6) is 0 Å². The van der Waals surface area contributed by atoms with Crippen molar-refractivity contribution in [2.75, 3.05) is 11.6 Å². The first-order chi connectivity index (χ1) is 14.1. The van der Waals surface area contributed by atoms with E-state index in [-0.39, 0.29) is 5.91 Å². The van der Waals surface area contributed by atoms with Gasteiger partial charge >= 0.3 is 0 Å². The molecule has 3 heterocycles. The fourth-order valence-electron chi connectivity index (χ4n) is 2.78. The van der Waals surface area contributed by atoms with Crippen molar-refractivity contribution in [3.8, 4) is 10.7 Å². The van der Waals surface area contributed by atoms with Gasteiger partial charge in [-0.1, -0.05) is 47.7 Å². The Morgan fingerprint density at radius 2 is 1.93 bits per heavy atom. The number of amides is 1. The van der Waals surface area contributed by atoms with Crippen LogP contribution in [0, 0.1) is 6.92 Å². The molecule has 1 amide bonds. The molecule has 0 saturated carbocycles. The van der Waals surface area contributed by atoms with E-state index in [0.29, 0.717) is 33.7 Å². The lowest BCUT2D eigenvalue weighted by molar-refractivity contribution is 0.102. The summed E-state index contributed by atoms with van der Waals surface area (Å²) in [6.07, 6.45) is 2.59. The average molecular weight is 440 g/mol. The molecule has 3 aromatic heterocycles. The van der Waals surface area contributed by atoms with Gasteiger partial charge in [-0.2, -0.15) is 0 Å². The number of thioether (sulfide) groups is 1. The molecule has 0 saturated heterocycles. The normalized spacial score (nSPS) is 10.8. The summed E-state index contributed by atoms with van der Waals surface area (Å²) < 4.78 is 0. The number of nitrogens with one attached hydrogen (secondary N) is 1. The predicted octanol–water partition coefficient (Wildman–Crippen LogP) is 4.93. The van der Waals surface area contributed by atoms with Gasteiger partial charge in [0.1, 0.15) is 10.0 Å². The van der Waals surface area contributed by atoms with Gasteiger partial charge < -0.3 is 0 Å². The molecule has 4 aromatic rings. The molecule has 9 heteroatoms. The molecule has 0 aliphatic heterocycles. The molecule has 0 radical (unpaired) electrons. The number of aromatic nitrogens is 4. The Hall–Kier alpha value is -2.62. The fourth-order valence-corrected chi connectivity index (χ4v) is 4.83. The quantitative estimate of drug-likeness (QED) is 0.339. The number of rotatable bonds is 6. The van der Waals surface area contributed by atoms with Gasteiger partial charge in [0.2, 0.25) is 5.13 Å². The number of anilines is 1. The molecule has 0 aliphatic rings. The fraction of sp³-hybridized carbons (Fsp3) is 0.150. The van der Waals surface area contributed by atoms with E-state index in [1.54, 1.807) is 11.3 Å². The van der Waals surface area contributed by atoms with Gasteiger partial charge in [-0.3, -0.25) is 10.1 Å². The summed E-state index contributed by atoms with van der Waals surface area (Å²) in [7, 11) is 0. The average Bonchev–Trinajstić information content (AvgIpc) is 3.40. The minimum Gasteiger partial charge on any atom is -0.296 e. The minimum atomic E-state index is -0.271. The highest BCUT2D eigenvalue weighted by atomic mass is 32.2. The van der Waals surface area contributed by atoms with Crippen molar-refractivity contribution in [1.82, 2.24) is 20.2 Å². The maximum atomic E-state index is 12.9. The summed E-state index contributed by atoms with van der Waals surface area (Å²) >= 11 is 4.37. The van der Waals surface area contributed by atoms with Crippen LogP contribution in [0.3, 0.4) is 0 Å². The second-order valence-electron chi connectivity index (χ2n) is 6.11. The van der Waals surface area contributed by atoms with Crippen molar-refractivity contribution in [2.45, 2.75) is 18.4 Å². The molecule has 146 valence electrons. The lowest BCUT2D eigenvalue weighted by Gasteiger charge is -2.10. The Labute approximate surface area is 180 Å². The van der Waals surface area contributed by atoms with Crippen LogP contribution >= 0.6 is 34.4 Å². The molecule has 0 unspecified atom stereocenters. The number of carbonyl (C=O) groups is 1. The van der Waals surface area contributed by atoms with Crippen molar-refractivity contribution in [1.29, 1.82) is 0 Å². The first kappa shape index (κ1) is 19.7. The summed E-state index contributed by atoms with van der Waals surface area (Å²) in [6, 6.07) is 14.0. The lowest BCUT2D eigenvalue weighted by Crippen LogP contribution is -2.16. The van der Waals surface area contributed by atoms with Crippen molar-refractivity contribution in [2.24, 2.45) is 0 Å². The molecular weight excluding hydrogens is 422 g/mol. The zero-order valence-electron chi connectivity index (χ0n) is 15.7. The molecule has 6 nitrogen and oxygen atoms in total. The molecule has 0 bridgehead atoms. The van der Waals surface area contributed by atoms with E-state index in [0.717, 1.165) is 15.4 Å². The topological polar surface area (TPSA) is 80.7 Å². The van der Waals surface area contributed by atoms with Gasteiger partial charge in [-0.15, -0.1) is 33.3 Å². The highest BCUT2D eigenvalue weighted by molar-refractivity contribution is 7.98. The van der Waals surface area contributed by atoms with E-state index in [2.05, 4.69) is 25.5 Å². The smallest absolute Gasteiger partial charge is 0.262 e. The van der Waals surface area contributed by atoms with Crippen LogP contribution in [-0.2, 0) is 6.42 Å². The first-order valence-corrected chi connectivity index (χ1v) is 11.7. The molecule has 1 N–H and O–H groups in total. The highest BCUT2D eigenvalue weighted by Gasteiger charge is 2.20. The van der Waals surface area contributed by atoms with Gasteiger partial charge in [0, 0.05) is 6.42 Å². The number of aryl methyl sites for hydroxylation is 1. The molecule has 1 aromatic carbocycles. The van der Waals surface area contributed by atoms with E-state index in [9.17, 15) is 4.79 Å². The number of nitrogens with zero attached hydrogens (tertiary/aromatic N) is 4. The number of carbonyl (C=O) groups excluding carboxylic acids is 1. The second-order valence-corrected chi connectivity index (χ2v) is 8.92. The maximum absolute atomic E-state index is 12.9. The third-order valence-electron chi connectivity index (χ3n) is 4.10. The zero-order valence-corrected chi connectivity index (χ0v) is 18.2. The molecule has 0 atom stereocenters. The number of benzene rings is 1. The third kappa shape index (κ3) is 4.52. The first-order valence-electron chi connectivity index (χ1n) is 8.78. The Morgan fingerprint density at radius 1 is 1.10 bits per heavy atom. The van der Waals surface area contributed by atoms with Crippen LogP contribution in [0.4, 0.5) is 5.13 Å². The molecule has 4 rings (SSSR count). The van der Waals surface area contributed by atoms with Gasteiger partial charge in [0.05, 0.1) is 16.1 Å². The van der Waals surface area contributed by atoms with Crippen molar-refractivity contribution >= 4 is 45.5 Å². The molecular formula is C20H17N5OS3. The second kappa shape index (κ2) is 8.81. The minimum absolute atomic E-state index is 0.271. The molecule has 0 aliphatic carbocycles. The van der Waals surface area contributed by atoms with E-state index in [4.69, 9.17) is 0 Å². The van der Waals surface area contributed by atoms with E-state index in [1.807, 2.05) is 61.0 Å². The van der Waals surface area contributed by atoms with Crippen molar-refractivity contribution in [3.63, 3.8) is 0 Å². The van der Waals surface area contributed by atoms with Gasteiger partial charge in [0.15, 0.2) is 5.82 Å². The Kier molecular flexibility index (Phi) is 5.98. The van der Waals surface area contributed by atoms with Crippen LogP contribution in [0.1, 0.15) is 26.6 Å². The van der Waals surface area contributed by atoms with E-state index < -0.39 is 0 Å². The summed E-state index contributed by atoms with van der Waals surface area (Å²) in [5.74, 6) is 0.367. The standard InChI is InChI=1S/C20H17N5OS3/c1-12-16(19(27-2)22-17(21-12)14-9-6-10-28-14)18(26)23-20-25-24-15(29-20)11-13-7-4-3-5-8-13/h3-10H,11H2,1-2H3,(H,23,25,26). The van der Waals surface area contributed by atoms with Crippen LogP contribution in [0.2, 0.25) is 0 Å². The molecule has 0 fully saturated rings. The van der Waals surface area contributed by atoms with Crippen molar-refractivity contribution in [3.05, 3.63) is 69.7 Å². The zero-order chi connectivity index (χ0) is 20.2. The number of hydrogen-bond acceptors (Lipinski definition) is 8. The molecule has 29 heavy (non-hydrogen) atoms. The van der Waals surface area contributed by atoms with E-state index >= 15 is 0 Å². The van der Waals surface area contributed by atoms with Crippen LogP contribution in [-0.4, -0.2) is 32.3 Å². The highest BCUT2D eigenvalue weighted by Crippen LogP contribution is 2.28. The summed E-state index contributed by atoms with van der Waals surface area (Å²) in [5, 5.41) is 15.1. The maximum Gasteiger partial charge on any atom is 0.262 e. The predicted molar refractivity (Wildman–Crippen MR) is 119 cm³/mol. The summed E-state index contributed by atoms with van der Waals surface area (Å²) in [6.45, 7) is 1.83. The summed E-state index contributed by atoms with van der Waals surface area (Å²) in [4.78, 5) is 23.0. The van der Waals surface area contributed by atoms with Gasteiger partial charge in [-0.25, -0.2) is 9.97 Å². The third-order valence-corrected chi connectivity index (χ3v) is 6.49. The Balaban J connectivity index is 1.54. The van der Waals surface area contributed by atoms with Gasteiger partial charge in [0.25, 0.3) is 5.91 Å². The monoisotopic (exact) mass is 439 g/mol. The van der Waals surface area contributed by atoms with E-state index in [1.165, 1.54) is 23.1 Å². The SMILES string of the molecule is CSc1nc(-c2cccs2)nc(C)c1C(=O)Nc1nnc(Cc2ccccc2)s1. The summed E-state index contributed by atoms with van der Waals surface area (Å²) in [5.41, 5.74) is 2.26. The van der Waals surface area contributed by atoms with Gasteiger partial charge in [-0.05, 0) is 30.2 Å². The number of thiophene rings is 1. The van der Waals surface area contributed by atoms with Crippen LogP contribution in [0.15, 0.2) is 52.9 Å². The van der Waals surface area contributed by atoms with Crippen LogP contribution < -0.4 is 5.32 Å². The largest absolute Gasteiger partial charge is 0.296 e.